The fourth-order valence-corrected chi connectivity index (χ4v) is 5.33. The van der Waals surface area contributed by atoms with Gasteiger partial charge in [0.1, 0.15) is 17.8 Å². The number of hydrogen-bond acceptors (Lipinski definition) is 5. The van der Waals surface area contributed by atoms with Gasteiger partial charge in [0, 0.05) is 56.8 Å². The Labute approximate surface area is 216 Å². The highest BCUT2D eigenvalue weighted by molar-refractivity contribution is 5.62. The molecular weight excluding hydrogens is 475 g/mol. The average molecular weight is 510 g/mol. The lowest BCUT2D eigenvalue weighted by atomic mass is 9.88. The minimum atomic E-state index is -1.46. The molecule has 8 heteroatoms. The van der Waals surface area contributed by atoms with Crippen LogP contribution in [0.25, 0.3) is 0 Å². The molecule has 196 valence electrons. The summed E-state index contributed by atoms with van der Waals surface area (Å²) in [6, 6.07) is 13.7. The topological polar surface area (TPSA) is 44.3 Å². The third-order valence-electron chi connectivity index (χ3n) is 7.26. The van der Waals surface area contributed by atoms with E-state index in [0.29, 0.717) is 25.9 Å². The minimum absolute atomic E-state index is 0.0610. The zero-order valence-electron chi connectivity index (χ0n) is 21.4. The second-order valence-electron chi connectivity index (χ2n) is 10.4. The zero-order valence-corrected chi connectivity index (χ0v) is 21.4. The SMILES string of the molecule is CC(C)Nc1nc2c(nc1N1CCC(C(F)c3ccc(F)cc3F)CC1)CN(Cc1ccccc1)CC2. The number of fused-ring (bicyclic) bond motifs is 1. The van der Waals surface area contributed by atoms with Crippen LogP contribution in [-0.4, -0.2) is 40.5 Å². The smallest absolute Gasteiger partial charge is 0.172 e. The summed E-state index contributed by atoms with van der Waals surface area (Å²) in [5.41, 5.74) is 3.24. The molecule has 0 aliphatic carbocycles. The fourth-order valence-electron chi connectivity index (χ4n) is 5.33. The van der Waals surface area contributed by atoms with Crippen LogP contribution in [-0.2, 0) is 19.5 Å². The maximum Gasteiger partial charge on any atom is 0.172 e. The van der Waals surface area contributed by atoms with Crippen molar-refractivity contribution >= 4 is 11.6 Å². The van der Waals surface area contributed by atoms with Crippen LogP contribution in [0.3, 0.4) is 0 Å². The van der Waals surface area contributed by atoms with E-state index in [0.717, 1.165) is 61.2 Å². The van der Waals surface area contributed by atoms with Gasteiger partial charge in [0.05, 0.1) is 11.4 Å². The molecule has 0 spiro atoms. The molecule has 5 nitrogen and oxygen atoms in total. The van der Waals surface area contributed by atoms with E-state index in [1.54, 1.807) is 0 Å². The molecule has 1 saturated heterocycles. The molecule has 1 aromatic heterocycles. The summed E-state index contributed by atoms with van der Waals surface area (Å²) in [7, 11) is 0. The van der Waals surface area contributed by atoms with E-state index in [1.807, 2.05) is 6.07 Å². The fraction of sp³-hybridized carbons (Fsp3) is 0.448. The molecule has 0 amide bonds. The molecule has 1 unspecified atom stereocenters. The van der Waals surface area contributed by atoms with Crippen molar-refractivity contribution in [1.82, 2.24) is 14.9 Å². The highest BCUT2D eigenvalue weighted by Crippen LogP contribution is 2.37. The molecule has 2 aliphatic heterocycles. The van der Waals surface area contributed by atoms with E-state index >= 15 is 4.39 Å². The summed E-state index contributed by atoms with van der Waals surface area (Å²) in [5, 5.41) is 3.46. The number of nitrogens with zero attached hydrogens (tertiary/aromatic N) is 4. The van der Waals surface area contributed by atoms with Crippen molar-refractivity contribution in [2.24, 2.45) is 5.92 Å². The first kappa shape index (κ1) is 25.5. The van der Waals surface area contributed by atoms with Crippen molar-refractivity contribution < 1.29 is 13.2 Å². The Morgan fingerprint density at radius 2 is 1.73 bits per heavy atom. The molecule has 3 heterocycles. The Hall–Kier alpha value is -3.13. The van der Waals surface area contributed by atoms with Gasteiger partial charge in [0.2, 0.25) is 0 Å². The number of alkyl halides is 1. The van der Waals surface area contributed by atoms with Gasteiger partial charge in [-0.2, -0.15) is 0 Å². The van der Waals surface area contributed by atoms with E-state index in [1.165, 1.54) is 11.6 Å². The van der Waals surface area contributed by atoms with E-state index in [2.05, 4.69) is 53.2 Å². The lowest BCUT2D eigenvalue weighted by Gasteiger charge is -2.36. The predicted octanol–water partition coefficient (Wildman–Crippen LogP) is 6.06. The van der Waals surface area contributed by atoms with E-state index < -0.39 is 17.8 Å². The maximum absolute atomic E-state index is 15.2. The second kappa shape index (κ2) is 11.1. The minimum Gasteiger partial charge on any atom is -0.365 e. The monoisotopic (exact) mass is 509 g/mol. The van der Waals surface area contributed by atoms with Crippen molar-refractivity contribution in [1.29, 1.82) is 0 Å². The predicted molar refractivity (Wildman–Crippen MR) is 140 cm³/mol. The van der Waals surface area contributed by atoms with Crippen LogP contribution < -0.4 is 10.2 Å². The Kier molecular flexibility index (Phi) is 7.65. The van der Waals surface area contributed by atoms with E-state index in [9.17, 15) is 8.78 Å². The lowest BCUT2D eigenvalue weighted by Crippen LogP contribution is -2.38. The van der Waals surface area contributed by atoms with Crippen LogP contribution >= 0.6 is 0 Å². The number of piperidine rings is 1. The van der Waals surface area contributed by atoms with Crippen molar-refractivity contribution in [2.75, 3.05) is 29.9 Å². The van der Waals surface area contributed by atoms with Crippen LogP contribution in [0.4, 0.5) is 24.8 Å². The highest BCUT2D eigenvalue weighted by atomic mass is 19.1. The van der Waals surface area contributed by atoms with Gasteiger partial charge in [-0.3, -0.25) is 4.90 Å². The Morgan fingerprint density at radius 1 is 0.973 bits per heavy atom. The molecule has 1 atom stereocenters. The molecule has 37 heavy (non-hydrogen) atoms. The highest BCUT2D eigenvalue weighted by Gasteiger charge is 2.32. The van der Waals surface area contributed by atoms with E-state index in [4.69, 9.17) is 9.97 Å². The Morgan fingerprint density at radius 3 is 2.43 bits per heavy atom. The number of hydrogen-bond donors (Lipinski definition) is 1. The van der Waals surface area contributed by atoms with Crippen molar-refractivity contribution in [2.45, 2.75) is 58.4 Å². The quantitative estimate of drug-likeness (QED) is 0.419. The zero-order chi connectivity index (χ0) is 25.9. The van der Waals surface area contributed by atoms with Gasteiger partial charge in [-0.25, -0.2) is 23.1 Å². The second-order valence-corrected chi connectivity index (χ2v) is 10.4. The molecule has 0 saturated carbocycles. The third-order valence-corrected chi connectivity index (χ3v) is 7.26. The van der Waals surface area contributed by atoms with Crippen LogP contribution in [0.1, 0.15) is 55.4 Å². The number of halogens is 3. The first-order chi connectivity index (χ1) is 17.9. The summed E-state index contributed by atoms with van der Waals surface area (Å²) in [6.07, 6.45) is 0.490. The third kappa shape index (κ3) is 5.90. The molecule has 3 aromatic rings. The van der Waals surface area contributed by atoms with Crippen LogP contribution in [0.5, 0.6) is 0 Å². The van der Waals surface area contributed by atoms with Gasteiger partial charge >= 0.3 is 0 Å². The van der Waals surface area contributed by atoms with Gasteiger partial charge < -0.3 is 10.2 Å². The molecule has 2 aromatic carbocycles. The van der Waals surface area contributed by atoms with Crippen LogP contribution in [0, 0.1) is 17.6 Å². The summed E-state index contributed by atoms with van der Waals surface area (Å²) < 4.78 is 42.7. The maximum atomic E-state index is 15.2. The molecule has 5 rings (SSSR count). The van der Waals surface area contributed by atoms with Gasteiger partial charge in [0.15, 0.2) is 11.6 Å². The van der Waals surface area contributed by atoms with Crippen molar-refractivity contribution in [3.8, 4) is 0 Å². The number of benzene rings is 2. The number of rotatable bonds is 7. The lowest BCUT2D eigenvalue weighted by molar-refractivity contribution is 0.193. The Bertz CT molecular complexity index is 1210. The summed E-state index contributed by atoms with van der Waals surface area (Å²) in [4.78, 5) is 14.6. The van der Waals surface area contributed by atoms with Gasteiger partial charge in [0.25, 0.3) is 0 Å². The van der Waals surface area contributed by atoms with Gasteiger partial charge in [-0.1, -0.05) is 36.4 Å². The molecule has 0 bridgehead atoms. The summed E-state index contributed by atoms with van der Waals surface area (Å²) in [5.74, 6) is -0.272. The first-order valence-corrected chi connectivity index (χ1v) is 13.1. The number of aromatic nitrogens is 2. The molecular formula is C29H34F3N5. The normalized spacial score (nSPS) is 17.6. The van der Waals surface area contributed by atoms with Crippen molar-refractivity contribution in [3.63, 3.8) is 0 Å². The standard InChI is InChI=1S/C29H34F3N5/c1-19(2)33-28-29(35-26-18-36(13-12-25(26)34-28)17-20-6-4-3-5-7-20)37-14-10-21(11-15-37)27(32)23-9-8-22(30)16-24(23)31/h3-9,16,19,21,27H,10-15,17-18H2,1-2H3,(H,33,34). The molecule has 0 radical (unpaired) electrons. The molecule has 1 N–H and O–H groups in total. The number of nitrogens with one attached hydrogen (secondary N) is 1. The average Bonchev–Trinajstić information content (AvgIpc) is 2.88. The first-order valence-electron chi connectivity index (χ1n) is 13.1. The van der Waals surface area contributed by atoms with Gasteiger partial charge in [-0.05, 0) is 44.2 Å². The summed E-state index contributed by atoms with van der Waals surface area (Å²) >= 11 is 0. The Balaban J connectivity index is 1.32. The van der Waals surface area contributed by atoms with Crippen LogP contribution in [0.15, 0.2) is 48.5 Å². The van der Waals surface area contributed by atoms with Crippen LogP contribution in [0.2, 0.25) is 0 Å². The van der Waals surface area contributed by atoms with E-state index in [-0.39, 0.29) is 17.5 Å². The summed E-state index contributed by atoms with van der Waals surface area (Å²) in [6.45, 7) is 7.88. The largest absolute Gasteiger partial charge is 0.365 e. The molecule has 2 aliphatic rings. The van der Waals surface area contributed by atoms with Gasteiger partial charge in [-0.15, -0.1) is 0 Å². The molecule has 1 fully saturated rings. The number of anilines is 2. The van der Waals surface area contributed by atoms with Crippen molar-refractivity contribution in [3.05, 3.63) is 82.7 Å².